The molecule has 3 nitrogen and oxygen atoms in total. The standard InChI is InChI=1S/C12H13ClN2OS2/c13-9-1-3-10(4-2-9)15-11(16)5-7-17-12-14-6-8-18-12/h1-4H,5-8H2,(H,15,16). The lowest BCUT2D eigenvalue weighted by Gasteiger charge is -2.05. The van der Waals surface area contributed by atoms with Gasteiger partial charge in [-0.05, 0) is 24.3 Å². The SMILES string of the molecule is O=C(CCSC1=NCCS1)Nc1ccc(Cl)cc1. The zero-order chi connectivity index (χ0) is 12.8. The molecule has 0 aromatic heterocycles. The van der Waals surface area contributed by atoms with E-state index in [2.05, 4.69) is 10.3 Å². The Morgan fingerprint density at radius 1 is 1.44 bits per heavy atom. The molecule has 0 atom stereocenters. The van der Waals surface area contributed by atoms with E-state index < -0.39 is 0 Å². The number of hydrogen-bond donors (Lipinski definition) is 1. The van der Waals surface area contributed by atoms with Gasteiger partial charge in [-0.25, -0.2) is 0 Å². The van der Waals surface area contributed by atoms with Crippen LogP contribution in [-0.2, 0) is 4.79 Å². The van der Waals surface area contributed by atoms with Crippen LogP contribution in [0.4, 0.5) is 5.69 Å². The van der Waals surface area contributed by atoms with E-state index in [1.807, 2.05) is 0 Å². The Hall–Kier alpha value is -0.650. The average Bonchev–Trinajstić information content (AvgIpc) is 2.85. The molecule has 6 heteroatoms. The molecule has 1 amide bonds. The molecule has 0 fully saturated rings. The molecule has 1 aliphatic heterocycles. The van der Waals surface area contributed by atoms with Crippen LogP contribution in [-0.4, -0.2) is 28.3 Å². The third kappa shape index (κ3) is 4.55. The molecule has 96 valence electrons. The van der Waals surface area contributed by atoms with Crippen LogP contribution in [0.25, 0.3) is 0 Å². The van der Waals surface area contributed by atoms with E-state index in [4.69, 9.17) is 11.6 Å². The molecule has 1 aromatic carbocycles. The number of hydrogen-bond acceptors (Lipinski definition) is 4. The van der Waals surface area contributed by atoms with Gasteiger partial charge in [0.05, 0.1) is 6.54 Å². The Kier molecular flexibility index (Phi) is 5.41. The second-order valence-corrected chi connectivity index (χ2v) is 6.51. The molecular weight excluding hydrogens is 288 g/mol. The minimum atomic E-state index is 0.0217. The molecule has 0 saturated carbocycles. The molecule has 1 aliphatic rings. The Morgan fingerprint density at radius 3 is 2.89 bits per heavy atom. The van der Waals surface area contributed by atoms with Crippen molar-refractivity contribution in [2.45, 2.75) is 6.42 Å². The van der Waals surface area contributed by atoms with Gasteiger partial charge in [-0.15, -0.1) is 0 Å². The highest BCUT2D eigenvalue weighted by atomic mass is 35.5. The third-order valence-electron chi connectivity index (χ3n) is 2.24. The van der Waals surface area contributed by atoms with Gasteiger partial charge in [-0.1, -0.05) is 35.1 Å². The van der Waals surface area contributed by atoms with Crippen LogP contribution < -0.4 is 5.32 Å². The van der Waals surface area contributed by atoms with Gasteiger partial charge in [0, 0.05) is 28.6 Å². The van der Waals surface area contributed by atoms with Gasteiger partial charge in [0.15, 0.2) is 0 Å². The number of thioether (sulfide) groups is 2. The zero-order valence-electron chi connectivity index (χ0n) is 9.69. The molecule has 0 saturated heterocycles. The van der Waals surface area contributed by atoms with Crippen LogP contribution in [0.15, 0.2) is 29.3 Å². The Bertz CT molecular complexity index is 448. The predicted octanol–water partition coefficient (Wildman–Crippen LogP) is 3.50. The van der Waals surface area contributed by atoms with E-state index in [0.29, 0.717) is 11.4 Å². The van der Waals surface area contributed by atoms with Gasteiger partial charge < -0.3 is 5.32 Å². The van der Waals surface area contributed by atoms with Gasteiger partial charge >= 0.3 is 0 Å². The normalized spacial score (nSPS) is 14.4. The first-order valence-corrected chi connectivity index (χ1v) is 7.94. The predicted molar refractivity (Wildman–Crippen MR) is 81.9 cm³/mol. The largest absolute Gasteiger partial charge is 0.326 e. The quantitative estimate of drug-likeness (QED) is 0.925. The second-order valence-electron chi connectivity index (χ2n) is 3.65. The van der Waals surface area contributed by atoms with Crippen molar-refractivity contribution < 1.29 is 4.79 Å². The molecule has 2 rings (SSSR count). The van der Waals surface area contributed by atoms with E-state index in [1.54, 1.807) is 47.8 Å². The zero-order valence-corrected chi connectivity index (χ0v) is 12.1. The summed E-state index contributed by atoms with van der Waals surface area (Å²) < 4.78 is 1.11. The van der Waals surface area contributed by atoms with Gasteiger partial charge in [-0.2, -0.15) is 0 Å². The Morgan fingerprint density at radius 2 is 2.22 bits per heavy atom. The molecular formula is C12H13ClN2OS2. The first kappa shape index (κ1) is 13.8. The minimum Gasteiger partial charge on any atom is -0.326 e. The molecule has 1 aromatic rings. The summed E-state index contributed by atoms with van der Waals surface area (Å²) in [4.78, 5) is 16.0. The van der Waals surface area contributed by atoms with E-state index in [1.165, 1.54) is 0 Å². The van der Waals surface area contributed by atoms with Crippen LogP contribution in [0.5, 0.6) is 0 Å². The maximum absolute atomic E-state index is 11.7. The lowest BCUT2D eigenvalue weighted by Crippen LogP contribution is -2.12. The molecule has 1 N–H and O–H groups in total. The second kappa shape index (κ2) is 7.07. The summed E-state index contributed by atoms with van der Waals surface area (Å²) in [6, 6.07) is 7.11. The fourth-order valence-corrected chi connectivity index (χ4v) is 3.53. The number of anilines is 1. The lowest BCUT2D eigenvalue weighted by atomic mass is 10.3. The summed E-state index contributed by atoms with van der Waals surface area (Å²) in [5.74, 6) is 1.86. The average molecular weight is 301 g/mol. The Labute approximate surface area is 120 Å². The number of rotatable bonds is 4. The number of amides is 1. The van der Waals surface area contributed by atoms with Crippen molar-refractivity contribution in [2.24, 2.45) is 4.99 Å². The molecule has 0 radical (unpaired) electrons. The van der Waals surface area contributed by atoms with Crippen LogP contribution >= 0.6 is 35.1 Å². The molecule has 1 heterocycles. The highest BCUT2D eigenvalue weighted by molar-refractivity contribution is 8.39. The molecule has 0 aliphatic carbocycles. The van der Waals surface area contributed by atoms with E-state index in [-0.39, 0.29) is 5.91 Å². The van der Waals surface area contributed by atoms with E-state index in [9.17, 15) is 4.79 Å². The summed E-state index contributed by atoms with van der Waals surface area (Å²) in [5, 5.41) is 3.50. The van der Waals surface area contributed by atoms with Crippen molar-refractivity contribution in [3.05, 3.63) is 29.3 Å². The summed E-state index contributed by atoms with van der Waals surface area (Å²) >= 11 is 9.20. The molecule has 0 unspecified atom stereocenters. The van der Waals surface area contributed by atoms with Crippen LogP contribution in [0.3, 0.4) is 0 Å². The van der Waals surface area contributed by atoms with Crippen molar-refractivity contribution in [3.8, 4) is 0 Å². The smallest absolute Gasteiger partial charge is 0.225 e. The Balaban J connectivity index is 1.70. The van der Waals surface area contributed by atoms with Crippen LogP contribution in [0.1, 0.15) is 6.42 Å². The summed E-state index contributed by atoms with van der Waals surface area (Å²) in [7, 11) is 0. The third-order valence-corrected chi connectivity index (χ3v) is 4.75. The number of nitrogens with one attached hydrogen (secondary N) is 1. The number of benzene rings is 1. The van der Waals surface area contributed by atoms with Gasteiger partial charge in [0.25, 0.3) is 0 Å². The van der Waals surface area contributed by atoms with Gasteiger partial charge in [0.1, 0.15) is 4.38 Å². The first-order valence-electron chi connectivity index (χ1n) is 5.59. The van der Waals surface area contributed by atoms with Crippen molar-refractivity contribution >= 4 is 51.1 Å². The molecule has 0 bridgehead atoms. The number of carbonyl (C=O) groups is 1. The van der Waals surface area contributed by atoms with Crippen LogP contribution in [0.2, 0.25) is 5.02 Å². The number of aliphatic imine (C=N–C) groups is 1. The molecule has 0 spiro atoms. The fourth-order valence-electron chi connectivity index (χ4n) is 1.39. The van der Waals surface area contributed by atoms with Gasteiger partial charge in [-0.3, -0.25) is 9.79 Å². The van der Waals surface area contributed by atoms with E-state index in [0.717, 1.165) is 28.1 Å². The van der Waals surface area contributed by atoms with Crippen molar-refractivity contribution in [3.63, 3.8) is 0 Å². The number of nitrogens with zero attached hydrogens (tertiary/aromatic N) is 1. The summed E-state index contributed by atoms with van der Waals surface area (Å²) in [6.45, 7) is 0.907. The van der Waals surface area contributed by atoms with Crippen LogP contribution in [0, 0.1) is 0 Å². The highest BCUT2D eigenvalue weighted by Gasteiger charge is 2.09. The summed E-state index contributed by atoms with van der Waals surface area (Å²) in [6.07, 6.45) is 0.493. The number of halogens is 1. The van der Waals surface area contributed by atoms with E-state index >= 15 is 0 Å². The van der Waals surface area contributed by atoms with Crippen molar-refractivity contribution in [1.29, 1.82) is 0 Å². The maximum Gasteiger partial charge on any atom is 0.225 e. The monoisotopic (exact) mass is 300 g/mol. The first-order chi connectivity index (χ1) is 8.74. The van der Waals surface area contributed by atoms with Crippen molar-refractivity contribution in [2.75, 3.05) is 23.4 Å². The van der Waals surface area contributed by atoms with Crippen molar-refractivity contribution in [1.82, 2.24) is 0 Å². The topological polar surface area (TPSA) is 41.5 Å². The van der Waals surface area contributed by atoms with Gasteiger partial charge in [0.2, 0.25) is 5.91 Å². The lowest BCUT2D eigenvalue weighted by molar-refractivity contribution is -0.115. The number of carbonyl (C=O) groups excluding carboxylic acids is 1. The summed E-state index contributed by atoms with van der Waals surface area (Å²) in [5.41, 5.74) is 0.780. The maximum atomic E-state index is 11.7. The minimum absolute atomic E-state index is 0.0217. The fraction of sp³-hybridized carbons (Fsp3) is 0.333. The molecule has 18 heavy (non-hydrogen) atoms. The highest BCUT2D eigenvalue weighted by Crippen LogP contribution is 2.22.